The van der Waals surface area contributed by atoms with Gasteiger partial charge in [0.1, 0.15) is 17.1 Å². The lowest BCUT2D eigenvalue weighted by Gasteiger charge is -2.26. The summed E-state index contributed by atoms with van der Waals surface area (Å²) in [5.74, 6) is -0.0272. The predicted octanol–water partition coefficient (Wildman–Crippen LogP) is 4.22. The number of thioether (sulfide) groups is 1. The zero-order chi connectivity index (χ0) is 21.4. The average molecular weight is 430 g/mol. The Morgan fingerprint density at radius 2 is 1.67 bits per heavy atom. The number of piperidine rings is 1. The Kier molecular flexibility index (Phi) is 8.19. The molecule has 0 amide bonds. The normalized spacial score (nSPS) is 16.7. The van der Waals surface area contributed by atoms with E-state index in [1.165, 1.54) is 31.0 Å². The number of aliphatic carboxylic acids is 1. The molecule has 30 heavy (non-hydrogen) atoms. The van der Waals surface area contributed by atoms with Crippen LogP contribution < -0.4 is 4.74 Å². The van der Waals surface area contributed by atoms with E-state index in [0.717, 1.165) is 41.4 Å². The molecular weight excluding hydrogens is 398 g/mol. The molecule has 5 nitrogen and oxygen atoms in total. The van der Waals surface area contributed by atoms with Gasteiger partial charge in [0, 0.05) is 11.4 Å². The smallest absolute Gasteiger partial charge is 0.320 e. The van der Waals surface area contributed by atoms with E-state index in [1.54, 1.807) is 6.92 Å². The summed E-state index contributed by atoms with van der Waals surface area (Å²) in [4.78, 5) is 15.3. The van der Waals surface area contributed by atoms with Crippen molar-refractivity contribution in [3.63, 3.8) is 0 Å². The van der Waals surface area contributed by atoms with Gasteiger partial charge in [-0.25, -0.2) is 0 Å². The minimum atomic E-state index is -0.989. The van der Waals surface area contributed by atoms with Gasteiger partial charge in [0.15, 0.2) is 0 Å². The van der Waals surface area contributed by atoms with Crippen LogP contribution in [0.15, 0.2) is 53.4 Å². The monoisotopic (exact) mass is 429 g/mol. The number of aliphatic hydroxyl groups is 1. The van der Waals surface area contributed by atoms with Crippen molar-refractivity contribution in [2.75, 3.05) is 26.2 Å². The minimum absolute atomic E-state index is 0.0202. The maximum atomic E-state index is 12.0. The van der Waals surface area contributed by atoms with Gasteiger partial charge in [-0.3, -0.25) is 9.69 Å². The van der Waals surface area contributed by atoms with Crippen molar-refractivity contribution < 1.29 is 19.7 Å². The molecule has 1 saturated heterocycles. The molecule has 0 aliphatic carbocycles. The summed E-state index contributed by atoms with van der Waals surface area (Å²) in [7, 11) is 0. The van der Waals surface area contributed by atoms with Crippen LogP contribution in [-0.4, -0.2) is 52.1 Å². The summed E-state index contributed by atoms with van der Waals surface area (Å²) in [6.45, 7) is 5.68. The van der Waals surface area contributed by atoms with E-state index < -0.39 is 10.7 Å². The number of hydrogen-bond acceptors (Lipinski definition) is 5. The second-order valence-corrected chi connectivity index (χ2v) is 9.59. The summed E-state index contributed by atoms with van der Waals surface area (Å²) >= 11 is 1.33. The summed E-state index contributed by atoms with van der Waals surface area (Å²) in [6.07, 6.45) is 4.30. The maximum absolute atomic E-state index is 12.0. The Bertz CT molecular complexity index is 803. The Hall–Kier alpha value is -2.02. The summed E-state index contributed by atoms with van der Waals surface area (Å²) in [5, 5.41) is 19.0. The van der Waals surface area contributed by atoms with Gasteiger partial charge in [0.25, 0.3) is 0 Å². The van der Waals surface area contributed by atoms with Crippen molar-refractivity contribution in [2.24, 2.45) is 0 Å². The number of carboxylic acids is 1. The fourth-order valence-electron chi connectivity index (χ4n) is 3.65. The molecule has 1 aliphatic rings. The first kappa shape index (κ1) is 22.7. The van der Waals surface area contributed by atoms with Crippen molar-refractivity contribution in [3.05, 3.63) is 59.7 Å². The third kappa shape index (κ3) is 6.49. The lowest BCUT2D eigenvalue weighted by molar-refractivity contribution is -0.139. The van der Waals surface area contributed by atoms with Crippen LogP contribution in [0.25, 0.3) is 0 Å². The van der Waals surface area contributed by atoms with E-state index in [4.69, 9.17) is 4.74 Å². The third-order valence-corrected chi connectivity index (χ3v) is 6.77. The number of benzene rings is 2. The van der Waals surface area contributed by atoms with E-state index >= 15 is 0 Å². The molecule has 0 radical (unpaired) electrons. The van der Waals surface area contributed by atoms with E-state index in [-0.39, 0.29) is 6.61 Å². The Labute approximate surface area is 183 Å². The molecule has 1 atom stereocenters. The zero-order valence-corrected chi connectivity index (χ0v) is 18.4. The predicted molar refractivity (Wildman–Crippen MR) is 120 cm³/mol. The van der Waals surface area contributed by atoms with Crippen molar-refractivity contribution in [1.82, 2.24) is 4.90 Å². The number of carbonyl (C=O) groups is 1. The molecule has 3 rings (SSSR count). The van der Waals surface area contributed by atoms with Gasteiger partial charge in [-0.05, 0) is 74.7 Å². The van der Waals surface area contributed by atoms with Gasteiger partial charge in [-0.1, -0.05) is 30.7 Å². The first-order valence-corrected chi connectivity index (χ1v) is 11.4. The van der Waals surface area contributed by atoms with Gasteiger partial charge >= 0.3 is 5.97 Å². The van der Waals surface area contributed by atoms with Crippen LogP contribution in [0.2, 0.25) is 0 Å². The van der Waals surface area contributed by atoms with Gasteiger partial charge in [-0.15, -0.1) is 11.8 Å². The molecule has 0 spiro atoms. The SMILES string of the molecule is CC(Cc1ccc(OCCN2CCCCC2)cc1)(Sc1ccc(CO)cc1)C(=O)O. The lowest BCUT2D eigenvalue weighted by Crippen LogP contribution is -2.34. The van der Waals surface area contributed by atoms with Crippen molar-refractivity contribution >= 4 is 17.7 Å². The second kappa shape index (κ2) is 10.8. The van der Waals surface area contributed by atoms with Crippen LogP contribution in [0, 0.1) is 0 Å². The summed E-state index contributed by atoms with van der Waals surface area (Å²) in [5.41, 5.74) is 1.77. The van der Waals surface area contributed by atoms with Crippen LogP contribution in [0.5, 0.6) is 5.75 Å². The number of rotatable bonds is 10. The molecule has 0 bridgehead atoms. The molecule has 1 unspecified atom stereocenters. The Morgan fingerprint density at radius 3 is 2.27 bits per heavy atom. The zero-order valence-electron chi connectivity index (χ0n) is 17.5. The molecule has 162 valence electrons. The van der Waals surface area contributed by atoms with Crippen molar-refractivity contribution in [2.45, 2.75) is 48.9 Å². The number of carboxylic acid groups (broad SMARTS) is 1. The molecule has 1 fully saturated rings. The Morgan fingerprint density at radius 1 is 1.03 bits per heavy atom. The van der Waals surface area contributed by atoms with Crippen molar-refractivity contribution in [1.29, 1.82) is 0 Å². The average Bonchev–Trinajstić information content (AvgIpc) is 2.76. The summed E-state index contributed by atoms with van der Waals surface area (Å²) < 4.78 is 4.89. The van der Waals surface area contributed by atoms with E-state index in [2.05, 4.69) is 4.90 Å². The second-order valence-electron chi connectivity index (χ2n) is 8.01. The number of ether oxygens (including phenoxy) is 1. The number of likely N-dealkylation sites (tertiary alicyclic amines) is 1. The third-order valence-electron chi connectivity index (χ3n) is 5.49. The standard InChI is InChI=1S/C24H31NO4S/c1-24(23(27)28,30-22-11-7-20(18-26)8-12-22)17-19-5-9-21(10-6-19)29-16-15-25-13-3-2-4-14-25/h5-12,26H,2-4,13-18H2,1H3,(H,27,28). The van der Waals surface area contributed by atoms with E-state index in [0.29, 0.717) is 13.0 Å². The molecule has 0 aromatic heterocycles. The fraction of sp³-hybridized carbons (Fsp3) is 0.458. The highest BCUT2D eigenvalue weighted by Crippen LogP contribution is 2.36. The van der Waals surface area contributed by atoms with Gasteiger partial charge in [-0.2, -0.15) is 0 Å². The number of aliphatic hydroxyl groups excluding tert-OH is 1. The van der Waals surface area contributed by atoms with Gasteiger partial charge < -0.3 is 14.9 Å². The van der Waals surface area contributed by atoms with Crippen molar-refractivity contribution in [3.8, 4) is 5.75 Å². The first-order valence-electron chi connectivity index (χ1n) is 10.5. The lowest BCUT2D eigenvalue weighted by atomic mass is 10.0. The van der Waals surface area contributed by atoms with Crippen LogP contribution in [-0.2, 0) is 17.8 Å². The Balaban J connectivity index is 1.55. The van der Waals surface area contributed by atoms with E-state index in [9.17, 15) is 15.0 Å². The van der Waals surface area contributed by atoms with Gasteiger partial charge in [0.2, 0.25) is 0 Å². The molecule has 6 heteroatoms. The van der Waals surface area contributed by atoms with Crippen LogP contribution in [0.1, 0.15) is 37.3 Å². The van der Waals surface area contributed by atoms with Crippen LogP contribution in [0.4, 0.5) is 0 Å². The van der Waals surface area contributed by atoms with Crippen LogP contribution >= 0.6 is 11.8 Å². The minimum Gasteiger partial charge on any atom is -0.492 e. The molecule has 1 aliphatic heterocycles. The molecule has 1 heterocycles. The molecule has 2 aromatic rings. The maximum Gasteiger partial charge on any atom is 0.320 e. The molecule has 2 aromatic carbocycles. The number of hydrogen-bond donors (Lipinski definition) is 2. The molecule has 0 saturated carbocycles. The highest BCUT2D eigenvalue weighted by Gasteiger charge is 2.34. The van der Waals surface area contributed by atoms with Gasteiger partial charge in [0.05, 0.1) is 6.61 Å². The number of nitrogens with zero attached hydrogens (tertiary/aromatic N) is 1. The first-order chi connectivity index (χ1) is 14.5. The largest absolute Gasteiger partial charge is 0.492 e. The summed E-state index contributed by atoms with van der Waals surface area (Å²) in [6, 6.07) is 15.1. The quantitative estimate of drug-likeness (QED) is 0.551. The fourth-order valence-corrected chi connectivity index (χ4v) is 4.77. The van der Waals surface area contributed by atoms with E-state index in [1.807, 2.05) is 48.5 Å². The highest BCUT2D eigenvalue weighted by molar-refractivity contribution is 8.01. The topological polar surface area (TPSA) is 70.0 Å². The highest BCUT2D eigenvalue weighted by atomic mass is 32.2. The van der Waals surface area contributed by atoms with Crippen LogP contribution in [0.3, 0.4) is 0 Å². The molecular formula is C24H31NO4S. The molecule has 2 N–H and O–H groups in total.